The van der Waals surface area contributed by atoms with Crippen LogP contribution in [0.3, 0.4) is 0 Å². The molecule has 0 radical (unpaired) electrons. The summed E-state index contributed by atoms with van der Waals surface area (Å²) in [6, 6.07) is 11.5. The van der Waals surface area contributed by atoms with E-state index in [1.54, 1.807) is 24.3 Å². The SMILES string of the molecule is CC(C)COc1ccc(/C(O)=C2\C(=O)C(=O)N(CCCN(C)C)[C@H]2c2ccc([N+](=O)[O-])cc2)cc1. The van der Waals surface area contributed by atoms with Gasteiger partial charge in [0.2, 0.25) is 0 Å². The first-order valence-electron chi connectivity index (χ1n) is 11.5. The second-order valence-electron chi connectivity index (χ2n) is 9.23. The first-order chi connectivity index (χ1) is 16.6. The first-order valence-corrected chi connectivity index (χ1v) is 11.5. The van der Waals surface area contributed by atoms with Crippen LogP contribution in [0.4, 0.5) is 5.69 Å². The topological polar surface area (TPSA) is 113 Å². The fourth-order valence-corrected chi connectivity index (χ4v) is 3.92. The fraction of sp³-hybridized carbons (Fsp3) is 0.385. The van der Waals surface area contributed by atoms with E-state index in [4.69, 9.17) is 4.74 Å². The third-order valence-corrected chi connectivity index (χ3v) is 5.68. The Bertz CT molecular complexity index is 1110. The van der Waals surface area contributed by atoms with E-state index < -0.39 is 22.7 Å². The van der Waals surface area contributed by atoms with Gasteiger partial charge >= 0.3 is 0 Å². The van der Waals surface area contributed by atoms with Crippen molar-refractivity contribution in [3.8, 4) is 5.75 Å². The zero-order valence-electron chi connectivity index (χ0n) is 20.4. The maximum atomic E-state index is 13.1. The summed E-state index contributed by atoms with van der Waals surface area (Å²) in [4.78, 5) is 40.0. The second kappa shape index (κ2) is 11.1. The number of aliphatic hydroxyl groups is 1. The van der Waals surface area contributed by atoms with Gasteiger partial charge in [-0.05, 0) is 74.9 Å². The van der Waals surface area contributed by atoms with Crippen LogP contribution in [0.5, 0.6) is 5.75 Å². The van der Waals surface area contributed by atoms with E-state index in [-0.39, 0.29) is 17.0 Å². The number of carbonyl (C=O) groups is 2. The summed E-state index contributed by atoms with van der Waals surface area (Å²) in [7, 11) is 3.83. The Morgan fingerprint density at radius 3 is 2.29 bits per heavy atom. The molecule has 35 heavy (non-hydrogen) atoms. The van der Waals surface area contributed by atoms with Gasteiger partial charge in [-0.25, -0.2) is 0 Å². The quantitative estimate of drug-likeness (QED) is 0.179. The Hall–Kier alpha value is -3.72. The normalized spacial score (nSPS) is 17.4. The van der Waals surface area contributed by atoms with Gasteiger partial charge in [0.25, 0.3) is 17.4 Å². The summed E-state index contributed by atoms with van der Waals surface area (Å²) < 4.78 is 5.68. The standard InChI is InChI=1S/C26H31N3O6/c1-17(2)16-35-21-12-8-19(9-13-21)24(30)22-23(18-6-10-20(11-7-18)29(33)34)28(26(32)25(22)31)15-5-14-27(3)4/h6-13,17,23,30H,5,14-16H2,1-4H3/b24-22+/t23-/m0/s1. The van der Waals surface area contributed by atoms with Gasteiger partial charge in [-0.3, -0.25) is 19.7 Å². The van der Waals surface area contributed by atoms with Crippen LogP contribution in [0.15, 0.2) is 54.1 Å². The molecule has 0 saturated carbocycles. The van der Waals surface area contributed by atoms with Crippen molar-refractivity contribution in [3.63, 3.8) is 0 Å². The molecule has 1 aliphatic heterocycles. The lowest BCUT2D eigenvalue weighted by Crippen LogP contribution is -2.32. The number of hydrogen-bond donors (Lipinski definition) is 1. The van der Waals surface area contributed by atoms with Crippen LogP contribution in [0, 0.1) is 16.0 Å². The average Bonchev–Trinajstić information content (AvgIpc) is 3.07. The Morgan fingerprint density at radius 1 is 1.11 bits per heavy atom. The summed E-state index contributed by atoms with van der Waals surface area (Å²) in [5.74, 6) is -0.793. The summed E-state index contributed by atoms with van der Waals surface area (Å²) >= 11 is 0. The number of benzene rings is 2. The minimum absolute atomic E-state index is 0.0374. The smallest absolute Gasteiger partial charge is 0.295 e. The summed E-state index contributed by atoms with van der Waals surface area (Å²) in [5, 5.41) is 22.2. The largest absolute Gasteiger partial charge is 0.507 e. The zero-order chi connectivity index (χ0) is 25.7. The van der Waals surface area contributed by atoms with Gasteiger partial charge in [0.15, 0.2) is 0 Å². The van der Waals surface area contributed by atoms with E-state index in [2.05, 4.69) is 0 Å². The maximum Gasteiger partial charge on any atom is 0.295 e. The molecule has 0 aliphatic carbocycles. The van der Waals surface area contributed by atoms with E-state index in [9.17, 15) is 24.8 Å². The molecule has 1 aliphatic rings. The lowest BCUT2D eigenvalue weighted by atomic mass is 9.95. The molecule has 0 bridgehead atoms. The van der Waals surface area contributed by atoms with Crippen molar-refractivity contribution in [2.75, 3.05) is 33.8 Å². The highest BCUT2D eigenvalue weighted by molar-refractivity contribution is 6.46. The van der Waals surface area contributed by atoms with Crippen molar-refractivity contribution in [1.82, 2.24) is 9.80 Å². The Kier molecular flexibility index (Phi) is 8.24. The van der Waals surface area contributed by atoms with Crippen LogP contribution in [0.25, 0.3) is 5.76 Å². The summed E-state index contributed by atoms with van der Waals surface area (Å²) in [6.07, 6.45) is 0.616. The number of ketones is 1. The molecule has 9 nitrogen and oxygen atoms in total. The second-order valence-corrected chi connectivity index (χ2v) is 9.23. The Balaban J connectivity index is 2.01. The molecule has 1 saturated heterocycles. The number of nitro benzene ring substituents is 1. The number of aliphatic hydroxyl groups excluding tert-OH is 1. The molecule has 3 rings (SSSR count). The highest BCUT2D eigenvalue weighted by Gasteiger charge is 2.45. The molecule has 1 N–H and O–H groups in total. The molecule has 2 aromatic carbocycles. The summed E-state index contributed by atoms with van der Waals surface area (Å²) in [6.45, 7) is 5.62. The number of carbonyl (C=O) groups excluding carboxylic acids is 2. The molecular formula is C26H31N3O6. The van der Waals surface area contributed by atoms with E-state index in [0.29, 0.717) is 48.9 Å². The molecule has 1 amide bonds. The third kappa shape index (κ3) is 6.05. The molecule has 0 unspecified atom stereocenters. The minimum Gasteiger partial charge on any atom is -0.507 e. The molecule has 0 aromatic heterocycles. The van der Waals surface area contributed by atoms with Gasteiger partial charge in [-0.2, -0.15) is 0 Å². The molecule has 1 atom stereocenters. The number of Topliss-reactive ketones (excluding diaryl/α,β-unsaturated/α-hetero) is 1. The van der Waals surface area contributed by atoms with Crippen LogP contribution in [-0.2, 0) is 9.59 Å². The number of nitrogens with zero attached hydrogens (tertiary/aromatic N) is 3. The molecule has 0 spiro atoms. The van der Waals surface area contributed by atoms with Gasteiger partial charge in [0.05, 0.1) is 23.1 Å². The van der Waals surface area contributed by atoms with E-state index in [1.807, 2.05) is 32.8 Å². The first kappa shape index (κ1) is 25.9. The van der Waals surface area contributed by atoms with E-state index in [1.165, 1.54) is 29.2 Å². The van der Waals surface area contributed by atoms with Crippen molar-refractivity contribution in [3.05, 3.63) is 75.3 Å². The predicted octanol–water partition coefficient (Wildman–Crippen LogP) is 4.00. The average molecular weight is 482 g/mol. The molecule has 1 fully saturated rings. The number of amides is 1. The van der Waals surface area contributed by atoms with Gasteiger partial charge < -0.3 is 19.6 Å². The van der Waals surface area contributed by atoms with Crippen molar-refractivity contribution in [2.24, 2.45) is 5.92 Å². The molecular weight excluding hydrogens is 450 g/mol. The van der Waals surface area contributed by atoms with Gasteiger partial charge in [-0.1, -0.05) is 13.8 Å². The van der Waals surface area contributed by atoms with Crippen LogP contribution < -0.4 is 4.74 Å². The van der Waals surface area contributed by atoms with Gasteiger partial charge in [-0.15, -0.1) is 0 Å². The van der Waals surface area contributed by atoms with Crippen LogP contribution >= 0.6 is 0 Å². The van der Waals surface area contributed by atoms with Crippen molar-refractivity contribution in [2.45, 2.75) is 26.3 Å². The number of nitro groups is 1. The monoisotopic (exact) mass is 481 g/mol. The highest BCUT2D eigenvalue weighted by atomic mass is 16.6. The number of hydrogen-bond acceptors (Lipinski definition) is 7. The molecule has 1 heterocycles. The number of non-ortho nitro benzene ring substituents is 1. The van der Waals surface area contributed by atoms with Crippen molar-refractivity contribution < 1.29 is 24.4 Å². The van der Waals surface area contributed by atoms with Crippen LogP contribution in [-0.4, -0.2) is 65.3 Å². The summed E-state index contributed by atoms with van der Waals surface area (Å²) in [5.41, 5.74) is 0.748. The van der Waals surface area contributed by atoms with Crippen LogP contribution in [0.1, 0.15) is 37.4 Å². The van der Waals surface area contributed by atoms with E-state index >= 15 is 0 Å². The maximum absolute atomic E-state index is 13.1. The Labute approximate surface area is 204 Å². The molecule has 2 aromatic rings. The third-order valence-electron chi connectivity index (χ3n) is 5.68. The molecule has 186 valence electrons. The fourth-order valence-electron chi connectivity index (χ4n) is 3.92. The van der Waals surface area contributed by atoms with Gasteiger partial charge in [0.1, 0.15) is 11.5 Å². The van der Waals surface area contributed by atoms with Crippen molar-refractivity contribution in [1.29, 1.82) is 0 Å². The van der Waals surface area contributed by atoms with Crippen LogP contribution in [0.2, 0.25) is 0 Å². The Morgan fingerprint density at radius 2 is 1.74 bits per heavy atom. The highest BCUT2D eigenvalue weighted by Crippen LogP contribution is 2.40. The predicted molar refractivity (Wildman–Crippen MR) is 132 cm³/mol. The van der Waals surface area contributed by atoms with Gasteiger partial charge in [0, 0.05) is 24.2 Å². The van der Waals surface area contributed by atoms with Crippen molar-refractivity contribution >= 4 is 23.1 Å². The lowest BCUT2D eigenvalue weighted by molar-refractivity contribution is -0.384. The van der Waals surface area contributed by atoms with E-state index in [0.717, 1.165) is 0 Å². The minimum atomic E-state index is -0.852. The molecule has 9 heteroatoms. The number of ether oxygens (including phenoxy) is 1. The lowest BCUT2D eigenvalue weighted by Gasteiger charge is -2.26. The number of rotatable bonds is 10. The number of likely N-dealkylation sites (tertiary alicyclic amines) is 1. The zero-order valence-corrected chi connectivity index (χ0v) is 20.4.